The molecule has 0 saturated heterocycles. The first kappa shape index (κ1) is 16.2. The average molecular weight is 284 g/mol. The Morgan fingerprint density at radius 1 is 1.25 bits per heavy atom. The first-order valence-electron chi connectivity index (χ1n) is 6.52. The molecule has 0 unspecified atom stereocenters. The van der Waals surface area contributed by atoms with E-state index in [1.54, 1.807) is 19.1 Å². The normalized spacial score (nSPS) is 23.8. The van der Waals surface area contributed by atoms with E-state index in [9.17, 15) is 14.4 Å². The molecular weight excluding hydrogens is 264 g/mol. The Morgan fingerprint density at radius 3 is 2.40 bits per heavy atom. The van der Waals surface area contributed by atoms with Gasteiger partial charge in [-0.15, -0.1) is 0 Å². The zero-order valence-electron chi connectivity index (χ0n) is 12.2. The number of carbonyl (C=O) groups excluding carboxylic acids is 3. The summed E-state index contributed by atoms with van der Waals surface area (Å²) >= 11 is 0. The Hall–Kier alpha value is -1.85. The van der Waals surface area contributed by atoms with Crippen LogP contribution in [0.2, 0.25) is 0 Å². The Kier molecular flexibility index (Phi) is 5.30. The molecule has 112 valence electrons. The lowest BCUT2D eigenvalue weighted by Crippen LogP contribution is -2.51. The molecule has 0 heterocycles. The minimum absolute atomic E-state index is 0.171. The second kappa shape index (κ2) is 6.54. The lowest BCUT2D eigenvalue weighted by atomic mass is 9.86. The Morgan fingerprint density at radius 2 is 1.90 bits per heavy atom. The quantitative estimate of drug-likeness (QED) is 0.431. The molecule has 0 aromatic heterocycles. The van der Waals surface area contributed by atoms with Crippen LogP contribution in [0.3, 0.4) is 0 Å². The van der Waals surface area contributed by atoms with Crippen LogP contribution < -0.4 is 0 Å². The third kappa shape index (κ3) is 3.59. The summed E-state index contributed by atoms with van der Waals surface area (Å²) in [6.07, 6.45) is 3.44. The van der Waals surface area contributed by atoms with Crippen LogP contribution in [0.4, 0.5) is 0 Å². The molecule has 0 aromatic carbocycles. The fourth-order valence-corrected chi connectivity index (χ4v) is 2.32. The summed E-state index contributed by atoms with van der Waals surface area (Å²) in [5.41, 5.74) is -1.51. The van der Waals surface area contributed by atoms with Crippen molar-refractivity contribution in [1.82, 2.24) is 0 Å². The van der Waals surface area contributed by atoms with Crippen LogP contribution in [0.1, 0.15) is 34.1 Å². The van der Waals surface area contributed by atoms with Gasteiger partial charge in [0.2, 0.25) is 5.60 Å². The number of ether oxygens (including phenoxy) is 3. The van der Waals surface area contributed by atoms with E-state index >= 15 is 0 Å². The highest BCUT2D eigenvalue weighted by molar-refractivity contribution is 5.83. The predicted octanol–water partition coefficient (Wildman–Crippen LogP) is 1.38. The van der Waals surface area contributed by atoms with Gasteiger partial charge in [0.1, 0.15) is 6.10 Å². The number of hydrogen-bond donors (Lipinski definition) is 0. The second-order valence-electron chi connectivity index (χ2n) is 4.76. The van der Waals surface area contributed by atoms with Gasteiger partial charge in [0.25, 0.3) is 0 Å². The first-order valence-corrected chi connectivity index (χ1v) is 6.52. The van der Waals surface area contributed by atoms with Crippen LogP contribution in [-0.4, -0.2) is 36.2 Å². The highest BCUT2D eigenvalue weighted by Crippen LogP contribution is 2.35. The van der Waals surface area contributed by atoms with Crippen LogP contribution >= 0.6 is 0 Å². The second-order valence-corrected chi connectivity index (χ2v) is 4.76. The van der Waals surface area contributed by atoms with Crippen molar-refractivity contribution in [3.8, 4) is 0 Å². The highest BCUT2D eigenvalue weighted by atomic mass is 16.6. The van der Waals surface area contributed by atoms with Gasteiger partial charge in [0.05, 0.1) is 12.5 Å². The number of rotatable bonds is 5. The summed E-state index contributed by atoms with van der Waals surface area (Å²) < 4.78 is 15.4. The summed E-state index contributed by atoms with van der Waals surface area (Å²) in [6.45, 7) is 5.83. The molecule has 0 fully saturated rings. The van der Waals surface area contributed by atoms with E-state index in [0.717, 1.165) is 0 Å². The molecule has 0 bridgehead atoms. The minimum atomic E-state index is -1.51. The molecule has 6 nitrogen and oxygen atoms in total. The highest BCUT2D eigenvalue weighted by Gasteiger charge is 2.50. The topological polar surface area (TPSA) is 78.9 Å². The maximum absolute atomic E-state index is 12.1. The van der Waals surface area contributed by atoms with E-state index in [1.807, 2.05) is 0 Å². The van der Waals surface area contributed by atoms with Crippen LogP contribution in [0, 0.1) is 5.92 Å². The number of esters is 3. The van der Waals surface area contributed by atoms with Crippen molar-refractivity contribution in [2.75, 3.05) is 6.61 Å². The molecular formula is C14H20O6. The summed E-state index contributed by atoms with van der Waals surface area (Å²) in [5.74, 6) is -2.25. The average Bonchev–Trinajstić information content (AvgIpc) is 2.75. The Balaban J connectivity index is 3.02. The lowest BCUT2D eigenvalue weighted by Gasteiger charge is -2.34. The van der Waals surface area contributed by atoms with Gasteiger partial charge in [-0.05, 0) is 13.8 Å². The summed E-state index contributed by atoms with van der Waals surface area (Å²) in [4.78, 5) is 34.6. The fourth-order valence-electron chi connectivity index (χ4n) is 2.32. The van der Waals surface area contributed by atoms with Gasteiger partial charge in [0.15, 0.2) is 0 Å². The van der Waals surface area contributed by atoms with Crippen LogP contribution in [0.25, 0.3) is 0 Å². The zero-order chi connectivity index (χ0) is 15.3. The number of carbonyl (C=O) groups is 3. The predicted molar refractivity (Wildman–Crippen MR) is 69.6 cm³/mol. The van der Waals surface area contributed by atoms with Gasteiger partial charge < -0.3 is 14.2 Å². The van der Waals surface area contributed by atoms with E-state index in [-0.39, 0.29) is 6.61 Å². The molecule has 0 amide bonds. The van der Waals surface area contributed by atoms with E-state index in [2.05, 4.69) is 0 Å². The van der Waals surface area contributed by atoms with Crippen LogP contribution in [-0.2, 0) is 28.6 Å². The molecule has 0 saturated carbocycles. The van der Waals surface area contributed by atoms with Crippen molar-refractivity contribution in [1.29, 1.82) is 0 Å². The van der Waals surface area contributed by atoms with Crippen molar-refractivity contribution in [3.05, 3.63) is 12.2 Å². The molecule has 0 aromatic rings. The summed E-state index contributed by atoms with van der Waals surface area (Å²) in [7, 11) is 0. The van der Waals surface area contributed by atoms with E-state index in [4.69, 9.17) is 14.2 Å². The molecule has 1 aliphatic carbocycles. The van der Waals surface area contributed by atoms with Gasteiger partial charge in [-0.3, -0.25) is 9.59 Å². The summed E-state index contributed by atoms with van der Waals surface area (Å²) in [6, 6.07) is 0. The molecule has 3 atom stereocenters. The van der Waals surface area contributed by atoms with E-state index in [1.165, 1.54) is 20.8 Å². The molecule has 6 heteroatoms. The zero-order valence-corrected chi connectivity index (χ0v) is 12.2. The standard InChI is InChI=1S/C14H20O6/c1-5-18-13(17)14(4,20-10(3)16)11-7-6-8-12(11)19-9(2)15/h6-7,11-12H,5,8H2,1-4H3/t11-,12+,14+/m0/s1. The van der Waals surface area contributed by atoms with Gasteiger partial charge in [-0.2, -0.15) is 0 Å². The molecule has 20 heavy (non-hydrogen) atoms. The van der Waals surface area contributed by atoms with Crippen molar-refractivity contribution in [2.45, 2.75) is 45.8 Å². The van der Waals surface area contributed by atoms with Gasteiger partial charge in [0, 0.05) is 20.3 Å². The maximum Gasteiger partial charge on any atom is 0.351 e. The van der Waals surface area contributed by atoms with Crippen LogP contribution in [0.15, 0.2) is 12.2 Å². The molecule has 1 aliphatic rings. The van der Waals surface area contributed by atoms with E-state index < -0.39 is 35.5 Å². The Labute approximate surface area is 118 Å². The molecule has 1 rings (SSSR count). The fraction of sp³-hybridized carbons (Fsp3) is 0.643. The van der Waals surface area contributed by atoms with Gasteiger partial charge in [-0.1, -0.05) is 12.2 Å². The Bertz CT molecular complexity index is 427. The summed E-state index contributed by atoms with van der Waals surface area (Å²) in [5, 5.41) is 0. The monoisotopic (exact) mass is 284 g/mol. The van der Waals surface area contributed by atoms with Crippen molar-refractivity contribution in [2.24, 2.45) is 5.92 Å². The molecule has 0 aliphatic heterocycles. The van der Waals surface area contributed by atoms with Gasteiger partial charge >= 0.3 is 17.9 Å². The van der Waals surface area contributed by atoms with Gasteiger partial charge in [-0.25, -0.2) is 4.79 Å². The lowest BCUT2D eigenvalue weighted by molar-refractivity contribution is -0.189. The maximum atomic E-state index is 12.1. The van der Waals surface area contributed by atoms with E-state index in [0.29, 0.717) is 6.42 Å². The first-order chi connectivity index (χ1) is 9.31. The van der Waals surface area contributed by atoms with Crippen molar-refractivity contribution < 1.29 is 28.6 Å². The minimum Gasteiger partial charge on any atom is -0.463 e. The SMILES string of the molecule is CCOC(=O)[C@](C)(OC(C)=O)[C@H]1C=CC[C@H]1OC(C)=O. The molecule has 0 spiro atoms. The molecule has 0 N–H and O–H groups in total. The van der Waals surface area contributed by atoms with Crippen molar-refractivity contribution >= 4 is 17.9 Å². The smallest absolute Gasteiger partial charge is 0.351 e. The third-order valence-corrected chi connectivity index (χ3v) is 3.10. The largest absolute Gasteiger partial charge is 0.463 e. The third-order valence-electron chi connectivity index (χ3n) is 3.10. The molecule has 0 radical (unpaired) electrons. The van der Waals surface area contributed by atoms with Crippen LogP contribution in [0.5, 0.6) is 0 Å². The van der Waals surface area contributed by atoms with Crippen molar-refractivity contribution in [3.63, 3.8) is 0 Å². The number of hydrogen-bond acceptors (Lipinski definition) is 6.